The zero-order valence-corrected chi connectivity index (χ0v) is 10.3. The predicted molar refractivity (Wildman–Crippen MR) is 68.0 cm³/mol. The number of nitrogens with zero attached hydrogens (tertiary/aromatic N) is 1. The highest BCUT2D eigenvalue weighted by molar-refractivity contribution is 7.99. The SMILES string of the molecule is Nc1cc([N+](=O)[O-])ccc1Sc1cc(F)ccc1F. The van der Waals surface area contributed by atoms with Gasteiger partial charge < -0.3 is 5.73 Å². The first kappa shape index (κ1) is 13.3. The van der Waals surface area contributed by atoms with Crippen LogP contribution in [-0.4, -0.2) is 4.92 Å². The van der Waals surface area contributed by atoms with Crippen molar-refractivity contribution in [1.29, 1.82) is 0 Å². The lowest BCUT2D eigenvalue weighted by atomic mass is 10.3. The number of nitrogen functional groups attached to an aromatic ring is 1. The molecule has 0 bridgehead atoms. The van der Waals surface area contributed by atoms with Crippen LogP contribution >= 0.6 is 11.8 Å². The maximum Gasteiger partial charge on any atom is 0.271 e. The van der Waals surface area contributed by atoms with Gasteiger partial charge in [-0.1, -0.05) is 11.8 Å². The summed E-state index contributed by atoms with van der Waals surface area (Å²) in [6.45, 7) is 0. The van der Waals surface area contributed by atoms with Gasteiger partial charge in [0.2, 0.25) is 0 Å². The van der Waals surface area contributed by atoms with Gasteiger partial charge in [0, 0.05) is 17.0 Å². The molecule has 0 heterocycles. The Bertz CT molecular complexity index is 650. The highest BCUT2D eigenvalue weighted by atomic mass is 32.2. The number of nitrogens with two attached hydrogens (primary N) is 1. The summed E-state index contributed by atoms with van der Waals surface area (Å²) in [4.78, 5) is 10.5. The van der Waals surface area contributed by atoms with E-state index in [1.165, 1.54) is 18.2 Å². The molecule has 0 amide bonds. The molecule has 7 heteroatoms. The molecule has 2 aromatic rings. The van der Waals surface area contributed by atoms with Gasteiger partial charge in [0.05, 0.1) is 15.5 Å². The molecule has 0 spiro atoms. The van der Waals surface area contributed by atoms with Gasteiger partial charge in [-0.05, 0) is 24.3 Å². The van der Waals surface area contributed by atoms with Crippen molar-refractivity contribution in [3.8, 4) is 0 Å². The Kier molecular flexibility index (Phi) is 3.66. The number of halogens is 2. The summed E-state index contributed by atoms with van der Waals surface area (Å²) >= 11 is 0.913. The summed E-state index contributed by atoms with van der Waals surface area (Å²) in [5.74, 6) is -1.14. The molecular formula is C12H8F2N2O2S. The molecule has 0 saturated heterocycles. The van der Waals surface area contributed by atoms with E-state index in [1.54, 1.807) is 0 Å². The van der Waals surface area contributed by atoms with Crippen LogP contribution in [0.2, 0.25) is 0 Å². The third-order valence-corrected chi connectivity index (χ3v) is 3.44. The Balaban J connectivity index is 2.33. The first-order chi connectivity index (χ1) is 8.97. The zero-order valence-electron chi connectivity index (χ0n) is 9.47. The van der Waals surface area contributed by atoms with Crippen LogP contribution in [0.3, 0.4) is 0 Å². The molecule has 0 aromatic heterocycles. The van der Waals surface area contributed by atoms with E-state index in [0.717, 1.165) is 30.0 Å². The third kappa shape index (κ3) is 3.00. The fourth-order valence-electron chi connectivity index (χ4n) is 1.42. The number of nitro groups is 1. The fourth-order valence-corrected chi connectivity index (χ4v) is 2.30. The molecule has 98 valence electrons. The highest BCUT2D eigenvalue weighted by Crippen LogP contribution is 2.35. The molecule has 0 fully saturated rings. The average molecular weight is 282 g/mol. The van der Waals surface area contributed by atoms with Crippen molar-refractivity contribution in [1.82, 2.24) is 0 Å². The van der Waals surface area contributed by atoms with Crippen molar-refractivity contribution in [3.63, 3.8) is 0 Å². The smallest absolute Gasteiger partial charge is 0.271 e. The van der Waals surface area contributed by atoms with E-state index in [9.17, 15) is 18.9 Å². The van der Waals surface area contributed by atoms with E-state index in [2.05, 4.69) is 0 Å². The van der Waals surface area contributed by atoms with Gasteiger partial charge in [-0.2, -0.15) is 0 Å². The quantitative estimate of drug-likeness (QED) is 0.530. The van der Waals surface area contributed by atoms with Crippen LogP contribution < -0.4 is 5.73 Å². The highest BCUT2D eigenvalue weighted by Gasteiger charge is 2.12. The Morgan fingerprint density at radius 3 is 2.47 bits per heavy atom. The maximum atomic E-state index is 13.5. The largest absolute Gasteiger partial charge is 0.398 e. The molecule has 4 nitrogen and oxygen atoms in total. The lowest BCUT2D eigenvalue weighted by molar-refractivity contribution is -0.384. The van der Waals surface area contributed by atoms with E-state index in [-0.39, 0.29) is 16.3 Å². The second-order valence-corrected chi connectivity index (χ2v) is 4.74. The Hall–Kier alpha value is -2.15. The van der Waals surface area contributed by atoms with Gasteiger partial charge in [0.15, 0.2) is 0 Å². The van der Waals surface area contributed by atoms with E-state index in [0.29, 0.717) is 4.90 Å². The van der Waals surface area contributed by atoms with Crippen LogP contribution in [0.4, 0.5) is 20.2 Å². The first-order valence-electron chi connectivity index (χ1n) is 5.14. The average Bonchev–Trinajstić information content (AvgIpc) is 2.36. The second kappa shape index (κ2) is 5.23. The fraction of sp³-hybridized carbons (Fsp3) is 0. The number of hydrogen-bond donors (Lipinski definition) is 1. The zero-order chi connectivity index (χ0) is 14.0. The number of rotatable bonds is 3. The van der Waals surface area contributed by atoms with Crippen molar-refractivity contribution < 1.29 is 13.7 Å². The molecule has 0 radical (unpaired) electrons. The number of non-ortho nitro benzene ring substituents is 1. The molecular weight excluding hydrogens is 274 g/mol. The first-order valence-corrected chi connectivity index (χ1v) is 5.96. The normalized spacial score (nSPS) is 10.4. The van der Waals surface area contributed by atoms with Gasteiger partial charge >= 0.3 is 0 Å². The Labute approximate surface area is 111 Å². The van der Waals surface area contributed by atoms with Gasteiger partial charge in [-0.25, -0.2) is 8.78 Å². The van der Waals surface area contributed by atoms with E-state index in [1.807, 2.05) is 0 Å². The lowest BCUT2D eigenvalue weighted by Crippen LogP contribution is -1.93. The molecule has 0 saturated carbocycles. The van der Waals surface area contributed by atoms with Crippen LogP contribution in [0.1, 0.15) is 0 Å². The summed E-state index contributed by atoms with van der Waals surface area (Å²) in [5.41, 5.74) is 5.64. The van der Waals surface area contributed by atoms with Crippen molar-refractivity contribution in [2.45, 2.75) is 9.79 Å². The Morgan fingerprint density at radius 2 is 1.84 bits per heavy atom. The van der Waals surface area contributed by atoms with Crippen LogP contribution in [0, 0.1) is 21.7 Å². The predicted octanol–water partition coefficient (Wildman–Crippen LogP) is 3.61. The molecule has 0 aliphatic carbocycles. The van der Waals surface area contributed by atoms with Crippen LogP contribution in [0.15, 0.2) is 46.2 Å². The second-order valence-electron chi connectivity index (χ2n) is 3.66. The summed E-state index contributed by atoms with van der Waals surface area (Å²) in [6.07, 6.45) is 0. The minimum atomic E-state index is -0.579. The van der Waals surface area contributed by atoms with Crippen molar-refractivity contribution in [2.75, 3.05) is 5.73 Å². The monoisotopic (exact) mass is 282 g/mol. The number of anilines is 1. The topological polar surface area (TPSA) is 69.2 Å². The molecule has 0 aliphatic heterocycles. The summed E-state index contributed by atoms with van der Waals surface area (Å²) in [6, 6.07) is 6.91. The van der Waals surface area contributed by atoms with Crippen LogP contribution in [0.5, 0.6) is 0 Å². The summed E-state index contributed by atoms with van der Waals surface area (Å²) in [5, 5.41) is 10.6. The minimum Gasteiger partial charge on any atom is -0.398 e. The van der Waals surface area contributed by atoms with Gasteiger partial charge in [0.1, 0.15) is 11.6 Å². The lowest BCUT2D eigenvalue weighted by Gasteiger charge is -2.06. The van der Waals surface area contributed by atoms with E-state index in [4.69, 9.17) is 5.73 Å². The Morgan fingerprint density at radius 1 is 1.11 bits per heavy atom. The molecule has 2 aromatic carbocycles. The molecule has 0 aliphatic rings. The standard InChI is InChI=1S/C12H8F2N2O2S/c13-7-1-3-9(14)12(5-7)19-11-4-2-8(16(17)18)6-10(11)15/h1-6H,15H2. The molecule has 19 heavy (non-hydrogen) atoms. The van der Waals surface area contributed by atoms with Crippen molar-refractivity contribution in [3.05, 3.63) is 58.1 Å². The van der Waals surface area contributed by atoms with Gasteiger partial charge in [-0.15, -0.1) is 0 Å². The molecule has 2 rings (SSSR count). The van der Waals surface area contributed by atoms with Crippen LogP contribution in [0.25, 0.3) is 0 Å². The number of hydrogen-bond acceptors (Lipinski definition) is 4. The van der Waals surface area contributed by atoms with E-state index >= 15 is 0 Å². The maximum absolute atomic E-state index is 13.5. The minimum absolute atomic E-state index is 0.0700. The van der Waals surface area contributed by atoms with E-state index < -0.39 is 16.6 Å². The summed E-state index contributed by atoms with van der Waals surface area (Å²) < 4.78 is 26.5. The van der Waals surface area contributed by atoms with Crippen molar-refractivity contribution >= 4 is 23.1 Å². The third-order valence-electron chi connectivity index (χ3n) is 2.32. The molecule has 0 unspecified atom stereocenters. The molecule has 2 N–H and O–H groups in total. The number of nitro benzene ring substituents is 1. The van der Waals surface area contributed by atoms with Crippen molar-refractivity contribution in [2.24, 2.45) is 0 Å². The van der Waals surface area contributed by atoms with Gasteiger partial charge in [-0.3, -0.25) is 10.1 Å². The summed E-state index contributed by atoms with van der Waals surface area (Å²) in [7, 11) is 0. The van der Waals surface area contributed by atoms with Crippen LogP contribution in [-0.2, 0) is 0 Å². The number of benzene rings is 2. The molecule has 0 atom stereocenters. The van der Waals surface area contributed by atoms with Gasteiger partial charge in [0.25, 0.3) is 5.69 Å².